The van der Waals surface area contributed by atoms with Gasteiger partial charge < -0.3 is 9.64 Å². The average molecular weight is 275 g/mol. The number of ether oxygens (including phenoxy) is 1. The van der Waals surface area contributed by atoms with Crippen LogP contribution in [0.25, 0.3) is 0 Å². The van der Waals surface area contributed by atoms with Gasteiger partial charge in [0.1, 0.15) is 0 Å². The molecular weight excluding hydrogens is 250 g/mol. The summed E-state index contributed by atoms with van der Waals surface area (Å²) in [4.78, 5) is 11.0. The van der Waals surface area contributed by atoms with Crippen LogP contribution in [0.2, 0.25) is 0 Å². The molecule has 1 aliphatic carbocycles. The highest BCUT2D eigenvalue weighted by Crippen LogP contribution is 2.28. The quantitative estimate of drug-likeness (QED) is 0.828. The van der Waals surface area contributed by atoms with Crippen molar-refractivity contribution in [3.05, 3.63) is 18.0 Å². The smallest absolute Gasteiger partial charge is 0.316 e. The third-order valence-corrected chi connectivity index (χ3v) is 4.55. The van der Waals surface area contributed by atoms with Gasteiger partial charge in [0.05, 0.1) is 6.61 Å². The van der Waals surface area contributed by atoms with E-state index in [1.807, 2.05) is 19.3 Å². The molecule has 20 heavy (non-hydrogen) atoms. The maximum absolute atomic E-state index is 5.75. The topological polar surface area (TPSA) is 38.2 Å². The summed E-state index contributed by atoms with van der Waals surface area (Å²) in [5.41, 5.74) is 1.07. The molecule has 1 atom stereocenters. The first-order chi connectivity index (χ1) is 9.79. The lowest BCUT2D eigenvalue weighted by Gasteiger charge is -2.37. The Bertz CT molecular complexity index is 416. The highest BCUT2D eigenvalue weighted by Gasteiger charge is 2.25. The van der Waals surface area contributed by atoms with Gasteiger partial charge in [0.15, 0.2) is 0 Å². The standard InChI is InChI=1S/C16H25N3O/c1-13-8-17-16(18-9-13)20-12-15-6-3-7-19(11-15)10-14-4-2-5-14/h8-9,14-15H,2-7,10-12H2,1H3. The van der Waals surface area contributed by atoms with E-state index in [-0.39, 0.29) is 0 Å². The van der Waals surface area contributed by atoms with Crippen LogP contribution in [0.1, 0.15) is 37.7 Å². The minimum absolute atomic E-state index is 0.520. The van der Waals surface area contributed by atoms with Crippen LogP contribution in [0.4, 0.5) is 0 Å². The molecule has 2 fully saturated rings. The Balaban J connectivity index is 1.43. The van der Waals surface area contributed by atoms with Crippen molar-refractivity contribution in [2.75, 3.05) is 26.2 Å². The van der Waals surface area contributed by atoms with Crippen LogP contribution in [0, 0.1) is 18.8 Å². The van der Waals surface area contributed by atoms with Gasteiger partial charge in [-0.2, -0.15) is 0 Å². The van der Waals surface area contributed by atoms with E-state index in [1.54, 1.807) is 0 Å². The van der Waals surface area contributed by atoms with Crippen molar-refractivity contribution >= 4 is 0 Å². The Morgan fingerprint density at radius 2 is 1.90 bits per heavy atom. The van der Waals surface area contributed by atoms with E-state index in [2.05, 4.69) is 14.9 Å². The molecule has 4 heteroatoms. The molecule has 0 bridgehead atoms. The van der Waals surface area contributed by atoms with Gasteiger partial charge in [-0.1, -0.05) is 6.42 Å². The molecule has 0 amide bonds. The summed E-state index contributed by atoms with van der Waals surface area (Å²) in [5.74, 6) is 1.60. The zero-order valence-corrected chi connectivity index (χ0v) is 12.4. The van der Waals surface area contributed by atoms with E-state index < -0.39 is 0 Å². The van der Waals surface area contributed by atoms with E-state index in [1.165, 1.54) is 51.7 Å². The number of nitrogens with zero attached hydrogens (tertiary/aromatic N) is 3. The maximum atomic E-state index is 5.75. The predicted octanol–water partition coefficient (Wildman–Crippen LogP) is 2.68. The largest absolute Gasteiger partial charge is 0.463 e. The van der Waals surface area contributed by atoms with Gasteiger partial charge in [0, 0.05) is 31.4 Å². The molecular formula is C16H25N3O. The monoisotopic (exact) mass is 275 g/mol. The lowest BCUT2D eigenvalue weighted by atomic mass is 9.84. The van der Waals surface area contributed by atoms with Crippen LogP contribution in [-0.2, 0) is 0 Å². The molecule has 0 radical (unpaired) electrons. The molecule has 1 aromatic rings. The Morgan fingerprint density at radius 3 is 2.60 bits per heavy atom. The zero-order valence-electron chi connectivity index (χ0n) is 12.4. The molecule has 4 nitrogen and oxygen atoms in total. The van der Waals surface area contributed by atoms with Gasteiger partial charge in [-0.15, -0.1) is 0 Å². The third kappa shape index (κ3) is 3.69. The van der Waals surface area contributed by atoms with Crippen LogP contribution < -0.4 is 4.74 Å². The molecule has 1 saturated carbocycles. The first-order valence-electron chi connectivity index (χ1n) is 7.93. The summed E-state index contributed by atoms with van der Waals surface area (Å²) < 4.78 is 5.75. The van der Waals surface area contributed by atoms with Gasteiger partial charge >= 0.3 is 6.01 Å². The Kier molecular flexibility index (Phi) is 4.51. The Labute approximate surface area is 121 Å². The van der Waals surface area contributed by atoms with Gasteiger partial charge in [0.25, 0.3) is 0 Å². The van der Waals surface area contributed by atoms with Gasteiger partial charge in [-0.05, 0) is 50.6 Å². The molecule has 0 N–H and O–H groups in total. The summed E-state index contributed by atoms with van der Waals surface area (Å²) in [6.45, 7) is 6.50. The summed E-state index contributed by atoms with van der Waals surface area (Å²) in [6, 6.07) is 0.520. The molecule has 0 spiro atoms. The van der Waals surface area contributed by atoms with Crippen LogP contribution in [-0.4, -0.2) is 41.1 Å². The normalized spacial score (nSPS) is 24.4. The van der Waals surface area contributed by atoms with Crippen molar-refractivity contribution in [3.63, 3.8) is 0 Å². The van der Waals surface area contributed by atoms with Crippen molar-refractivity contribution in [1.29, 1.82) is 0 Å². The minimum atomic E-state index is 0.520. The van der Waals surface area contributed by atoms with Crippen molar-refractivity contribution in [1.82, 2.24) is 14.9 Å². The molecule has 3 rings (SSSR count). The first-order valence-corrected chi connectivity index (χ1v) is 7.93. The Morgan fingerprint density at radius 1 is 1.15 bits per heavy atom. The maximum Gasteiger partial charge on any atom is 0.316 e. The van der Waals surface area contributed by atoms with E-state index in [0.717, 1.165) is 18.1 Å². The summed E-state index contributed by atoms with van der Waals surface area (Å²) >= 11 is 0. The third-order valence-electron chi connectivity index (χ3n) is 4.55. The van der Waals surface area contributed by atoms with Crippen LogP contribution in [0.5, 0.6) is 6.01 Å². The fourth-order valence-electron chi connectivity index (χ4n) is 3.14. The number of hydrogen-bond donors (Lipinski definition) is 0. The van der Waals surface area contributed by atoms with E-state index in [9.17, 15) is 0 Å². The van der Waals surface area contributed by atoms with Gasteiger partial charge in [-0.3, -0.25) is 0 Å². The van der Waals surface area contributed by atoms with E-state index in [4.69, 9.17) is 4.74 Å². The number of aryl methyl sites for hydroxylation is 1. The van der Waals surface area contributed by atoms with Crippen molar-refractivity contribution in [3.8, 4) is 6.01 Å². The average Bonchev–Trinajstić information content (AvgIpc) is 2.43. The summed E-state index contributed by atoms with van der Waals surface area (Å²) in [7, 11) is 0. The second-order valence-electron chi connectivity index (χ2n) is 6.42. The van der Waals surface area contributed by atoms with Crippen LogP contribution in [0.3, 0.4) is 0 Å². The second kappa shape index (κ2) is 6.53. The van der Waals surface area contributed by atoms with Gasteiger partial charge in [-0.25, -0.2) is 9.97 Å². The number of rotatable bonds is 5. The fourth-order valence-corrected chi connectivity index (χ4v) is 3.14. The molecule has 1 aromatic heterocycles. The Hall–Kier alpha value is -1.16. The SMILES string of the molecule is Cc1cnc(OCC2CCCN(CC3CCC3)C2)nc1. The van der Waals surface area contributed by atoms with Crippen LogP contribution >= 0.6 is 0 Å². The number of likely N-dealkylation sites (tertiary alicyclic amines) is 1. The number of aromatic nitrogens is 2. The molecule has 1 saturated heterocycles. The molecule has 1 unspecified atom stereocenters. The second-order valence-corrected chi connectivity index (χ2v) is 6.42. The van der Waals surface area contributed by atoms with Gasteiger partial charge in [0.2, 0.25) is 0 Å². The van der Waals surface area contributed by atoms with Crippen molar-refractivity contribution < 1.29 is 4.74 Å². The molecule has 2 heterocycles. The highest BCUT2D eigenvalue weighted by atomic mass is 16.5. The molecule has 110 valence electrons. The van der Waals surface area contributed by atoms with Crippen LogP contribution in [0.15, 0.2) is 12.4 Å². The summed E-state index contributed by atoms with van der Waals surface area (Å²) in [6.07, 6.45) is 10.5. The van der Waals surface area contributed by atoms with Crippen molar-refractivity contribution in [2.24, 2.45) is 11.8 Å². The minimum Gasteiger partial charge on any atom is -0.463 e. The van der Waals surface area contributed by atoms with Crippen molar-refractivity contribution in [2.45, 2.75) is 39.0 Å². The molecule has 0 aromatic carbocycles. The zero-order chi connectivity index (χ0) is 13.8. The number of hydrogen-bond acceptors (Lipinski definition) is 4. The molecule has 2 aliphatic rings. The fraction of sp³-hybridized carbons (Fsp3) is 0.750. The highest BCUT2D eigenvalue weighted by molar-refractivity contribution is 5.04. The lowest BCUT2D eigenvalue weighted by molar-refractivity contribution is 0.0965. The van der Waals surface area contributed by atoms with E-state index >= 15 is 0 Å². The number of piperidine rings is 1. The lowest BCUT2D eigenvalue weighted by Crippen LogP contribution is -2.41. The predicted molar refractivity (Wildman–Crippen MR) is 78.8 cm³/mol. The molecule has 1 aliphatic heterocycles. The van der Waals surface area contributed by atoms with E-state index in [0.29, 0.717) is 11.9 Å². The summed E-state index contributed by atoms with van der Waals surface area (Å²) in [5, 5.41) is 0. The first kappa shape index (κ1) is 13.8.